The largest absolute Gasteiger partial charge is 0.508 e. The Hall–Kier alpha value is -3.03. The first kappa shape index (κ1) is 19.9. The Balaban J connectivity index is 1.30. The van der Waals surface area contributed by atoms with Crippen molar-refractivity contribution in [2.45, 2.75) is 25.3 Å². The van der Waals surface area contributed by atoms with Crippen molar-refractivity contribution in [1.29, 1.82) is 0 Å². The first-order valence-electron chi connectivity index (χ1n) is 10.3. The van der Waals surface area contributed by atoms with Gasteiger partial charge in [-0.2, -0.15) is 0 Å². The van der Waals surface area contributed by atoms with Crippen molar-refractivity contribution in [3.05, 3.63) is 82.2 Å². The van der Waals surface area contributed by atoms with Gasteiger partial charge in [-0.05, 0) is 73.3 Å². The minimum absolute atomic E-state index is 0.127. The smallest absolute Gasteiger partial charge is 0.268 e. The Morgan fingerprint density at radius 2 is 1.81 bits per heavy atom. The highest BCUT2D eigenvalue weighted by Gasteiger charge is 2.21. The number of hydrogen-bond donors (Lipinski definition) is 2. The highest BCUT2D eigenvalue weighted by Crippen LogP contribution is 2.32. The Kier molecular flexibility index (Phi) is 5.29. The van der Waals surface area contributed by atoms with Crippen LogP contribution in [0.5, 0.6) is 5.75 Å². The van der Waals surface area contributed by atoms with Gasteiger partial charge in [-0.25, -0.2) is 9.37 Å². The summed E-state index contributed by atoms with van der Waals surface area (Å²) in [5, 5.41) is 9.48. The third kappa shape index (κ3) is 4.24. The van der Waals surface area contributed by atoms with E-state index in [1.54, 1.807) is 24.3 Å². The molecule has 0 aliphatic carbocycles. The van der Waals surface area contributed by atoms with E-state index in [9.17, 15) is 14.3 Å². The molecule has 2 aromatic carbocycles. The number of phenolic OH excluding ortho intramolecular Hbond substituents is 1. The summed E-state index contributed by atoms with van der Waals surface area (Å²) in [5.74, 6) is 1.17. The summed E-state index contributed by atoms with van der Waals surface area (Å²) < 4.78 is 13.8. The number of aromatic amines is 1. The lowest BCUT2D eigenvalue weighted by molar-refractivity contribution is 0.200. The topological polar surface area (TPSA) is 69.2 Å². The molecule has 1 aliphatic heterocycles. The van der Waals surface area contributed by atoms with Crippen molar-refractivity contribution in [2.75, 3.05) is 13.1 Å². The molecule has 158 valence electrons. The lowest BCUT2D eigenvalue weighted by Crippen LogP contribution is -2.33. The maximum Gasteiger partial charge on any atom is 0.268 e. The quantitative estimate of drug-likeness (QED) is 0.480. The fourth-order valence-corrected chi connectivity index (χ4v) is 5.20. The lowest BCUT2D eigenvalue weighted by atomic mass is 9.89. The molecule has 31 heavy (non-hydrogen) atoms. The van der Waals surface area contributed by atoms with Crippen LogP contribution in [0.15, 0.2) is 59.4 Å². The van der Waals surface area contributed by atoms with Crippen molar-refractivity contribution in [3.63, 3.8) is 0 Å². The fourth-order valence-electron chi connectivity index (χ4n) is 4.20. The van der Waals surface area contributed by atoms with E-state index in [1.807, 2.05) is 18.2 Å². The van der Waals surface area contributed by atoms with Crippen LogP contribution in [-0.2, 0) is 6.54 Å². The van der Waals surface area contributed by atoms with Gasteiger partial charge in [0.15, 0.2) is 0 Å². The summed E-state index contributed by atoms with van der Waals surface area (Å²) in [6.07, 6.45) is 2.06. The van der Waals surface area contributed by atoms with Crippen LogP contribution in [0.1, 0.15) is 30.1 Å². The van der Waals surface area contributed by atoms with Crippen LogP contribution in [0.3, 0.4) is 0 Å². The highest BCUT2D eigenvalue weighted by atomic mass is 32.1. The molecule has 0 atom stereocenters. The first-order valence-corrected chi connectivity index (χ1v) is 11.2. The maximum absolute atomic E-state index is 13.2. The number of nitrogens with one attached hydrogen (secondary N) is 1. The maximum atomic E-state index is 13.2. The van der Waals surface area contributed by atoms with Gasteiger partial charge in [0.05, 0.1) is 12.1 Å². The van der Waals surface area contributed by atoms with E-state index in [4.69, 9.17) is 4.98 Å². The normalized spacial score (nSPS) is 15.5. The van der Waals surface area contributed by atoms with Crippen molar-refractivity contribution in [1.82, 2.24) is 14.9 Å². The molecule has 1 aliphatic rings. The molecule has 1 fully saturated rings. The minimum Gasteiger partial charge on any atom is -0.508 e. The number of likely N-dealkylation sites (tertiary alicyclic amines) is 1. The van der Waals surface area contributed by atoms with Crippen molar-refractivity contribution >= 4 is 21.6 Å². The predicted octanol–water partition coefficient (Wildman–Crippen LogP) is 4.88. The predicted molar refractivity (Wildman–Crippen MR) is 121 cm³/mol. The SMILES string of the molecule is O=c1[nH]c(CN2CCC(c3ccc(O)cc3)CC2)nc2cc(-c3ccc(F)cc3)sc12. The van der Waals surface area contributed by atoms with Gasteiger partial charge in [0.25, 0.3) is 5.56 Å². The number of H-pyrrole nitrogens is 1. The van der Waals surface area contributed by atoms with Gasteiger partial charge < -0.3 is 10.1 Å². The molecular weight excluding hydrogens is 413 g/mol. The summed E-state index contributed by atoms with van der Waals surface area (Å²) in [5.41, 5.74) is 2.69. The number of piperidine rings is 1. The van der Waals surface area contributed by atoms with Crippen molar-refractivity contribution in [2.24, 2.45) is 0 Å². The summed E-state index contributed by atoms with van der Waals surface area (Å²) >= 11 is 1.38. The average Bonchev–Trinajstić information content (AvgIpc) is 3.20. The molecule has 0 unspecified atom stereocenters. The number of thiophene rings is 1. The summed E-state index contributed by atoms with van der Waals surface area (Å²) in [6, 6.07) is 15.7. The van der Waals surface area contributed by atoms with E-state index in [0.717, 1.165) is 36.4 Å². The minimum atomic E-state index is -0.280. The van der Waals surface area contributed by atoms with E-state index in [1.165, 1.54) is 29.0 Å². The van der Waals surface area contributed by atoms with Crippen molar-refractivity contribution < 1.29 is 9.50 Å². The second kappa shape index (κ2) is 8.24. The number of aromatic hydroxyl groups is 1. The Labute approximate surface area is 182 Å². The van der Waals surface area contributed by atoms with Gasteiger partial charge in [-0.15, -0.1) is 11.3 Å². The van der Waals surface area contributed by atoms with E-state index in [2.05, 4.69) is 9.88 Å². The van der Waals surface area contributed by atoms with E-state index in [0.29, 0.717) is 34.3 Å². The third-order valence-electron chi connectivity index (χ3n) is 5.89. The summed E-state index contributed by atoms with van der Waals surface area (Å²) in [6.45, 7) is 2.46. The van der Waals surface area contributed by atoms with Crippen LogP contribution in [0, 0.1) is 5.82 Å². The van der Waals surface area contributed by atoms with Gasteiger partial charge >= 0.3 is 0 Å². The first-order chi connectivity index (χ1) is 15.0. The zero-order chi connectivity index (χ0) is 21.4. The molecule has 7 heteroatoms. The van der Waals surface area contributed by atoms with Gasteiger partial charge in [-0.3, -0.25) is 9.69 Å². The van der Waals surface area contributed by atoms with Crippen LogP contribution in [0.4, 0.5) is 4.39 Å². The zero-order valence-corrected chi connectivity index (χ0v) is 17.7. The van der Waals surface area contributed by atoms with Gasteiger partial charge in [-0.1, -0.05) is 24.3 Å². The van der Waals surface area contributed by atoms with Crippen LogP contribution in [0.25, 0.3) is 20.7 Å². The Morgan fingerprint density at radius 1 is 1.10 bits per heavy atom. The number of rotatable bonds is 4. The van der Waals surface area contributed by atoms with E-state index in [-0.39, 0.29) is 11.4 Å². The summed E-state index contributed by atoms with van der Waals surface area (Å²) in [7, 11) is 0. The van der Waals surface area contributed by atoms with E-state index < -0.39 is 0 Å². The number of aromatic nitrogens is 2. The number of benzene rings is 2. The Morgan fingerprint density at radius 3 is 2.52 bits per heavy atom. The molecule has 0 bridgehead atoms. The summed E-state index contributed by atoms with van der Waals surface area (Å²) in [4.78, 5) is 23.5. The molecule has 0 amide bonds. The second-order valence-corrected chi connectivity index (χ2v) is 9.04. The van der Waals surface area contributed by atoms with Crippen molar-refractivity contribution in [3.8, 4) is 16.2 Å². The molecule has 0 saturated carbocycles. The van der Waals surface area contributed by atoms with Crippen LogP contribution >= 0.6 is 11.3 Å². The number of phenols is 1. The van der Waals surface area contributed by atoms with Gasteiger partial charge in [0.1, 0.15) is 22.1 Å². The fraction of sp³-hybridized carbons (Fsp3) is 0.250. The number of nitrogens with zero attached hydrogens (tertiary/aromatic N) is 2. The van der Waals surface area contributed by atoms with Gasteiger partial charge in [0.2, 0.25) is 0 Å². The van der Waals surface area contributed by atoms with Gasteiger partial charge in [0, 0.05) is 4.88 Å². The average molecular weight is 436 g/mol. The molecule has 2 aromatic heterocycles. The number of fused-ring (bicyclic) bond motifs is 1. The molecule has 5 nitrogen and oxygen atoms in total. The standard InChI is InChI=1S/C24H22FN3O2S/c25-18-5-1-17(2-6-18)21-13-20-23(31-21)24(30)27-22(26-20)14-28-11-9-16(10-12-28)15-3-7-19(29)8-4-15/h1-8,13,16,29H,9-12,14H2,(H,26,27,30). The zero-order valence-electron chi connectivity index (χ0n) is 16.8. The second-order valence-electron chi connectivity index (χ2n) is 7.99. The molecule has 2 N–H and O–H groups in total. The lowest BCUT2D eigenvalue weighted by Gasteiger charge is -2.31. The van der Waals surface area contributed by atoms with Crippen LogP contribution < -0.4 is 5.56 Å². The molecule has 1 saturated heterocycles. The molecular formula is C24H22FN3O2S. The molecule has 3 heterocycles. The molecule has 0 spiro atoms. The molecule has 4 aromatic rings. The number of hydrogen-bond acceptors (Lipinski definition) is 5. The van der Waals surface area contributed by atoms with Crippen LogP contribution in [0.2, 0.25) is 0 Å². The Bertz CT molecular complexity index is 1260. The van der Waals surface area contributed by atoms with E-state index >= 15 is 0 Å². The third-order valence-corrected chi connectivity index (χ3v) is 7.06. The molecule has 5 rings (SSSR count). The number of halogens is 1. The van der Waals surface area contributed by atoms with Crippen LogP contribution in [-0.4, -0.2) is 33.1 Å². The highest BCUT2D eigenvalue weighted by molar-refractivity contribution is 7.22. The monoisotopic (exact) mass is 435 g/mol. The molecule has 0 radical (unpaired) electrons.